The molecule has 0 unspecified atom stereocenters. The van der Waals surface area contributed by atoms with Gasteiger partial charge in [0, 0.05) is 17.2 Å². The van der Waals surface area contributed by atoms with Crippen LogP contribution in [0.5, 0.6) is 11.5 Å². The molecule has 5 nitrogen and oxygen atoms in total. The minimum absolute atomic E-state index is 0.459. The number of para-hydroxylation sites is 1. The predicted octanol–water partition coefficient (Wildman–Crippen LogP) is 3.62. The van der Waals surface area contributed by atoms with Crippen LogP contribution in [0.3, 0.4) is 0 Å². The maximum Gasteiger partial charge on any atom is 0.257 e. The molecule has 0 radical (unpaired) electrons. The van der Waals surface area contributed by atoms with Gasteiger partial charge in [0.25, 0.3) is 10.0 Å². The monoisotopic (exact) mass is 377 g/mol. The molecular formula is C18H19NO4S2. The second kappa shape index (κ2) is 7.41. The minimum atomic E-state index is -3.56. The number of hydrogen-bond donors (Lipinski definition) is 0. The van der Waals surface area contributed by atoms with Gasteiger partial charge in [-0.2, -0.15) is 0 Å². The Morgan fingerprint density at radius 1 is 1.08 bits per heavy atom. The molecule has 0 saturated heterocycles. The molecule has 0 bridgehead atoms. The summed E-state index contributed by atoms with van der Waals surface area (Å²) in [6, 6.07) is 12.8. The summed E-state index contributed by atoms with van der Waals surface area (Å²) in [5.74, 6) is 1.90. The highest BCUT2D eigenvalue weighted by atomic mass is 32.2. The van der Waals surface area contributed by atoms with E-state index in [1.54, 1.807) is 50.3 Å². The van der Waals surface area contributed by atoms with Crippen LogP contribution in [0.1, 0.15) is 5.56 Å². The van der Waals surface area contributed by atoms with Crippen LogP contribution >= 0.6 is 11.8 Å². The quantitative estimate of drug-likeness (QED) is 0.797. The first-order valence-corrected chi connectivity index (χ1v) is 10.2. The second-order valence-electron chi connectivity index (χ2n) is 5.35. The van der Waals surface area contributed by atoms with Crippen molar-refractivity contribution in [3.63, 3.8) is 0 Å². The number of benzene rings is 2. The zero-order valence-electron chi connectivity index (χ0n) is 14.0. The van der Waals surface area contributed by atoms with E-state index in [-0.39, 0.29) is 0 Å². The van der Waals surface area contributed by atoms with Gasteiger partial charge < -0.3 is 9.47 Å². The van der Waals surface area contributed by atoms with E-state index in [0.29, 0.717) is 18.0 Å². The van der Waals surface area contributed by atoms with Crippen molar-refractivity contribution in [2.24, 2.45) is 0 Å². The minimum Gasteiger partial charge on any atom is -0.493 e. The molecule has 0 aromatic heterocycles. The Balaban J connectivity index is 1.89. The standard InChI is InChI=1S/C18H19NO4S2/c1-22-16-8-7-14(13-17(16)23-2)9-12-25(20,21)19-10-11-24-18-6-4-3-5-15(18)19/h3-9,12-13H,10-11H2,1-2H3/b12-9+. The van der Waals surface area contributed by atoms with E-state index in [4.69, 9.17) is 9.47 Å². The molecule has 1 heterocycles. The fraction of sp³-hybridized carbons (Fsp3) is 0.222. The summed E-state index contributed by atoms with van der Waals surface area (Å²) in [5, 5.41) is 1.24. The van der Waals surface area contributed by atoms with Crippen LogP contribution in [-0.4, -0.2) is 34.9 Å². The van der Waals surface area contributed by atoms with Crippen molar-refractivity contribution in [3.8, 4) is 11.5 Å². The first-order chi connectivity index (χ1) is 12.0. The molecule has 0 fully saturated rings. The topological polar surface area (TPSA) is 55.8 Å². The highest BCUT2D eigenvalue weighted by molar-refractivity contribution is 8.00. The lowest BCUT2D eigenvalue weighted by Gasteiger charge is -2.28. The number of methoxy groups -OCH3 is 2. The summed E-state index contributed by atoms with van der Waals surface area (Å²) < 4.78 is 37.4. The number of ether oxygens (including phenoxy) is 2. The summed E-state index contributed by atoms with van der Waals surface area (Å²) in [6.07, 6.45) is 1.57. The lowest BCUT2D eigenvalue weighted by molar-refractivity contribution is 0.355. The molecular weight excluding hydrogens is 358 g/mol. The molecule has 0 saturated carbocycles. The van der Waals surface area contributed by atoms with E-state index in [2.05, 4.69) is 0 Å². The third-order valence-electron chi connectivity index (χ3n) is 3.83. The maximum atomic E-state index is 12.8. The second-order valence-corrected chi connectivity index (χ2v) is 8.23. The van der Waals surface area contributed by atoms with Gasteiger partial charge in [0.1, 0.15) is 0 Å². The summed E-state index contributed by atoms with van der Waals surface area (Å²) in [5.41, 5.74) is 1.46. The molecule has 2 aromatic rings. The van der Waals surface area contributed by atoms with Crippen LogP contribution in [0.2, 0.25) is 0 Å². The van der Waals surface area contributed by atoms with Crippen LogP contribution in [0.15, 0.2) is 52.8 Å². The molecule has 25 heavy (non-hydrogen) atoms. The average Bonchev–Trinajstić information content (AvgIpc) is 2.65. The zero-order valence-corrected chi connectivity index (χ0v) is 15.6. The molecule has 0 aliphatic carbocycles. The lowest BCUT2D eigenvalue weighted by Crippen LogP contribution is -2.33. The summed E-state index contributed by atoms with van der Waals surface area (Å²) in [4.78, 5) is 0.983. The zero-order chi connectivity index (χ0) is 17.9. The van der Waals surface area contributed by atoms with Crippen molar-refractivity contribution < 1.29 is 17.9 Å². The number of anilines is 1. The molecule has 7 heteroatoms. The van der Waals surface area contributed by atoms with Gasteiger partial charge >= 0.3 is 0 Å². The third-order valence-corrected chi connectivity index (χ3v) is 6.35. The third kappa shape index (κ3) is 3.77. The van der Waals surface area contributed by atoms with Crippen LogP contribution in [-0.2, 0) is 10.0 Å². The number of nitrogens with zero attached hydrogens (tertiary/aromatic N) is 1. The van der Waals surface area contributed by atoms with E-state index in [1.165, 1.54) is 9.71 Å². The average molecular weight is 377 g/mol. The van der Waals surface area contributed by atoms with Gasteiger partial charge in [-0.1, -0.05) is 18.2 Å². The van der Waals surface area contributed by atoms with Gasteiger partial charge in [0.05, 0.1) is 25.3 Å². The maximum absolute atomic E-state index is 12.8. The molecule has 0 amide bonds. The Bertz CT molecular complexity index is 894. The summed E-state index contributed by atoms with van der Waals surface area (Å²) in [7, 11) is -0.458. The number of sulfonamides is 1. The van der Waals surface area contributed by atoms with E-state index < -0.39 is 10.0 Å². The highest BCUT2D eigenvalue weighted by Crippen LogP contribution is 2.36. The Labute approximate surface area is 152 Å². The first-order valence-electron chi connectivity index (χ1n) is 7.70. The molecule has 132 valence electrons. The lowest BCUT2D eigenvalue weighted by atomic mass is 10.2. The van der Waals surface area contributed by atoms with Crippen LogP contribution in [0, 0.1) is 0 Å². The number of fused-ring (bicyclic) bond motifs is 1. The normalized spacial score (nSPS) is 14.4. The first kappa shape index (κ1) is 17.7. The van der Waals surface area contributed by atoms with Crippen LogP contribution < -0.4 is 13.8 Å². The molecule has 0 atom stereocenters. The van der Waals surface area contributed by atoms with Crippen molar-refractivity contribution in [2.75, 3.05) is 30.8 Å². The smallest absolute Gasteiger partial charge is 0.257 e. The van der Waals surface area contributed by atoms with E-state index in [0.717, 1.165) is 21.9 Å². The summed E-state index contributed by atoms with van der Waals surface area (Å²) >= 11 is 1.67. The SMILES string of the molecule is COc1ccc(/C=C/S(=O)(=O)N2CCSc3ccccc32)cc1OC. The van der Waals surface area contributed by atoms with Crippen molar-refractivity contribution in [1.82, 2.24) is 0 Å². The molecule has 0 spiro atoms. The van der Waals surface area contributed by atoms with Gasteiger partial charge in [-0.05, 0) is 35.9 Å². The van der Waals surface area contributed by atoms with Crippen LogP contribution in [0.25, 0.3) is 6.08 Å². The molecule has 1 aliphatic rings. The van der Waals surface area contributed by atoms with E-state index in [1.807, 2.05) is 24.3 Å². The van der Waals surface area contributed by atoms with Gasteiger partial charge in [0.2, 0.25) is 0 Å². The van der Waals surface area contributed by atoms with Gasteiger partial charge in [-0.15, -0.1) is 11.8 Å². The molecule has 1 aliphatic heterocycles. The van der Waals surface area contributed by atoms with Gasteiger partial charge in [0.15, 0.2) is 11.5 Å². The predicted molar refractivity (Wildman–Crippen MR) is 102 cm³/mol. The fourth-order valence-corrected chi connectivity index (χ4v) is 5.03. The number of thioether (sulfide) groups is 1. The fourth-order valence-electron chi connectivity index (χ4n) is 2.60. The van der Waals surface area contributed by atoms with Gasteiger partial charge in [-0.3, -0.25) is 4.31 Å². The molecule has 0 N–H and O–H groups in total. The van der Waals surface area contributed by atoms with Crippen molar-refractivity contribution >= 4 is 33.5 Å². The Kier molecular flexibility index (Phi) is 5.24. The Morgan fingerprint density at radius 2 is 1.84 bits per heavy atom. The Hall–Kier alpha value is -2.12. The van der Waals surface area contributed by atoms with Crippen molar-refractivity contribution in [1.29, 1.82) is 0 Å². The van der Waals surface area contributed by atoms with E-state index >= 15 is 0 Å². The van der Waals surface area contributed by atoms with E-state index in [9.17, 15) is 8.42 Å². The number of hydrogen-bond acceptors (Lipinski definition) is 5. The van der Waals surface area contributed by atoms with Gasteiger partial charge in [-0.25, -0.2) is 8.42 Å². The molecule has 3 rings (SSSR count). The summed E-state index contributed by atoms with van der Waals surface area (Å²) in [6.45, 7) is 0.459. The Morgan fingerprint density at radius 3 is 2.60 bits per heavy atom. The van der Waals surface area contributed by atoms with Crippen LogP contribution in [0.4, 0.5) is 5.69 Å². The van der Waals surface area contributed by atoms with Crippen molar-refractivity contribution in [3.05, 3.63) is 53.4 Å². The number of rotatable bonds is 5. The highest BCUT2D eigenvalue weighted by Gasteiger charge is 2.25. The molecule has 2 aromatic carbocycles. The largest absolute Gasteiger partial charge is 0.493 e. The van der Waals surface area contributed by atoms with Crippen molar-refractivity contribution in [2.45, 2.75) is 4.90 Å².